The maximum absolute atomic E-state index is 13.2. The van der Waals surface area contributed by atoms with E-state index in [4.69, 9.17) is 16.7 Å². The van der Waals surface area contributed by atoms with Gasteiger partial charge in [-0.1, -0.05) is 17.7 Å². The third kappa shape index (κ3) is 4.17. The summed E-state index contributed by atoms with van der Waals surface area (Å²) in [5.74, 6) is 0.529. The molecule has 0 atom stereocenters. The highest BCUT2D eigenvalue weighted by Gasteiger charge is 2.23. The minimum Gasteiger partial charge on any atom is -0.465 e. The van der Waals surface area contributed by atoms with Gasteiger partial charge in [-0.3, -0.25) is 9.69 Å². The number of piperazine rings is 1. The van der Waals surface area contributed by atoms with Crippen LogP contribution in [0.25, 0.3) is 10.9 Å². The number of aromatic nitrogens is 2. The van der Waals surface area contributed by atoms with Crippen molar-refractivity contribution in [1.29, 1.82) is 0 Å². The molecule has 0 spiro atoms. The van der Waals surface area contributed by atoms with Crippen molar-refractivity contribution in [3.63, 3.8) is 0 Å². The highest BCUT2D eigenvalue weighted by atomic mass is 35.5. The summed E-state index contributed by atoms with van der Waals surface area (Å²) in [6.07, 6.45) is -0.785. The lowest BCUT2D eigenvalue weighted by Gasteiger charge is -2.39. The average Bonchev–Trinajstić information content (AvgIpc) is 2.61. The molecule has 1 aliphatic heterocycles. The molecule has 2 aromatic rings. The predicted octanol–water partition coefficient (Wildman–Crippen LogP) is 1.52. The molecule has 3 rings (SSSR count). The van der Waals surface area contributed by atoms with Crippen LogP contribution in [0.2, 0.25) is 5.02 Å². The van der Waals surface area contributed by atoms with Crippen molar-refractivity contribution < 1.29 is 9.90 Å². The Morgan fingerprint density at radius 1 is 1.30 bits per heavy atom. The third-order valence-electron chi connectivity index (χ3n) is 4.82. The molecule has 2 heterocycles. The molecule has 146 valence electrons. The number of fused-ring (bicyclic) bond motifs is 1. The molecule has 27 heavy (non-hydrogen) atoms. The van der Waals surface area contributed by atoms with Gasteiger partial charge in [0.25, 0.3) is 5.56 Å². The van der Waals surface area contributed by atoms with Gasteiger partial charge in [0, 0.05) is 45.2 Å². The Morgan fingerprint density at radius 3 is 2.63 bits per heavy atom. The van der Waals surface area contributed by atoms with E-state index in [2.05, 4.69) is 29.0 Å². The van der Waals surface area contributed by atoms with Gasteiger partial charge in [-0.2, -0.15) is 0 Å². The van der Waals surface area contributed by atoms with Crippen molar-refractivity contribution in [2.24, 2.45) is 0 Å². The monoisotopic (exact) mass is 393 g/mol. The quantitative estimate of drug-likeness (QED) is 0.800. The molecule has 1 aromatic heterocycles. The summed E-state index contributed by atoms with van der Waals surface area (Å²) in [4.78, 5) is 31.0. The van der Waals surface area contributed by atoms with Crippen LogP contribution in [0.1, 0.15) is 19.7 Å². The number of amides is 1. The van der Waals surface area contributed by atoms with E-state index in [1.54, 1.807) is 22.9 Å². The summed E-state index contributed by atoms with van der Waals surface area (Å²) in [5.41, 5.74) is 0.309. The summed E-state index contributed by atoms with van der Waals surface area (Å²) in [6.45, 7) is 7.56. The Morgan fingerprint density at radius 2 is 2.00 bits per heavy atom. The van der Waals surface area contributed by atoms with Gasteiger partial charge in [0.05, 0.1) is 15.9 Å². The summed E-state index contributed by atoms with van der Waals surface area (Å²) >= 11 is 6.27. The maximum atomic E-state index is 13.2. The van der Waals surface area contributed by atoms with E-state index in [1.807, 2.05) is 5.01 Å². The minimum absolute atomic E-state index is 0.180. The van der Waals surface area contributed by atoms with Crippen LogP contribution in [0, 0.1) is 0 Å². The molecule has 0 bridgehead atoms. The van der Waals surface area contributed by atoms with Gasteiger partial charge in [-0.05, 0) is 26.0 Å². The molecule has 8 nitrogen and oxygen atoms in total. The normalized spacial score (nSPS) is 15.5. The van der Waals surface area contributed by atoms with Crippen molar-refractivity contribution in [2.45, 2.75) is 26.3 Å². The fourth-order valence-corrected chi connectivity index (χ4v) is 3.64. The lowest BCUT2D eigenvalue weighted by Crippen LogP contribution is -2.56. The van der Waals surface area contributed by atoms with Gasteiger partial charge in [-0.15, -0.1) is 0 Å². The zero-order valence-corrected chi connectivity index (χ0v) is 16.2. The van der Waals surface area contributed by atoms with E-state index in [-0.39, 0.29) is 12.1 Å². The van der Waals surface area contributed by atoms with Crippen LogP contribution in [-0.2, 0) is 6.42 Å². The number of halogens is 1. The highest BCUT2D eigenvalue weighted by Crippen LogP contribution is 2.19. The van der Waals surface area contributed by atoms with E-state index >= 15 is 0 Å². The molecular formula is C18H24ClN5O3. The van der Waals surface area contributed by atoms with Crippen LogP contribution in [-0.4, -0.2) is 64.5 Å². The number of carbonyl (C=O) groups is 1. The van der Waals surface area contributed by atoms with Crippen LogP contribution in [0.5, 0.6) is 0 Å². The van der Waals surface area contributed by atoms with E-state index in [0.717, 1.165) is 13.1 Å². The smallest absolute Gasteiger partial charge is 0.404 e. The lowest BCUT2D eigenvalue weighted by molar-refractivity contribution is 0.193. The first-order chi connectivity index (χ1) is 12.9. The number of nitrogens with one attached hydrogen (secondary N) is 1. The largest absolute Gasteiger partial charge is 0.465 e. The SMILES string of the molecule is CC(C)N1CCN(n2c(CCNC(=O)O)nc3cccc(Cl)c3c2=O)CC1. The molecule has 1 saturated heterocycles. The molecule has 0 saturated carbocycles. The Hall–Kier alpha value is -2.32. The Balaban J connectivity index is 2.00. The van der Waals surface area contributed by atoms with Crippen molar-refractivity contribution >= 4 is 28.6 Å². The third-order valence-corrected chi connectivity index (χ3v) is 5.14. The molecule has 2 N–H and O–H groups in total. The summed E-state index contributed by atoms with van der Waals surface area (Å²) in [7, 11) is 0. The minimum atomic E-state index is -1.10. The Bertz CT molecular complexity index is 890. The second-order valence-electron chi connectivity index (χ2n) is 6.84. The standard InChI is InChI=1S/C18H24ClN5O3/c1-12(2)22-8-10-23(11-9-22)24-15(6-7-20-18(26)27)21-14-5-3-4-13(19)16(14)17(24)25/h3-5,12,20H,6-11H2,1-2H3,(H,26,27). The first kappa shape index (κ1) is 19.4. The van der Waals surface area contributed by atoms with Crippen LogP contribution >= 0.6 is 11.6 Å². The molecule has 1 fully saturated rings. The summed E-state index contributed by atoms with van der Waals surface area (Å²) in [6, 6.07) is 5.63. The fraction of sp³-hybridized carbons (Fsp3) is 0.500. The Labute approximate surface area is 162 Å². The topological polar surface area (TPSA) is 90.7 Å². The first-order valence-electron chi connectivity index (χ1n) is 9.04. The fourth-order valence-electron chi connectivity index (χ4n) is 3.39. The van der Waals surface area contributed by atoms with Crippen LogP contribution in [0.3, 0.4) is 0 Å². The maximum Gasteiger partial charge on any atom is 0.404 e. The first-order valence-corrected chi connectivity index (χ1v) is 9.42. The highest BCUT2D eigenvalue weighted by molar-refractivity contribution is 6.35. The number of hydrogen-bond acceptors (Lipinski definition) is 5. The van der Waals surface area contributed by atoms with Crippen LogP contribution < -0.4 is 15.9 Å². The van der Waals surface area contributed by atoms with E-state index < -0.39 is 6.09 Å². The van der Waals surface area contributed by atoms with Crippen molar-refractivity contribution in [1.82, 2.24) is 19.9 Å². The van der Waals surface area contributed by atoms with Gasteiger partial charge in [0.1, 0.15) is 5.82 Å². The van der Waals surface area contributed by atoms with Gasteiger partial charge >= 0.3 is 6.09 Å². The van der Waals surface area contributed by atoms with Gasteiger partial charge in [-0.25, -0.2) is 14.5 Å². The molecule has 0 aliphatic carbocycles. The molecule has 1 aromatic carbocycles. The lowest BCUT2D eigenvalue weighted by atomic mass is 10.2. The number of carboxylic acid groups (broad SMARTS) is 1. The van der Waals surface area contributed by atoms with E-state index in [0.29, 0.717) is 47.3 Å². The van der Waals surface area contributed by atoms with Gasteiger partial charge < -0.3 is 15.4 Å². The number of nitrogens with zero attached hydrogens (tertiary/aromatic N) is 4. The molecular weight excluding hydrogens is 370 g/mol. The molecule has 1 amide bonds. The summed E-state index contributed by atoms with van der Waals surface area (Å²) in [5, 5.41) is 13.9. The zero-order valence-electron chi connectivity index (χ0n) is 15.5. The number of rotatable bonds is 5. The Kier molecular flexibility index (Phi) is 5.86. The zero-order chi connectivity index (χ0) is 19.6. The number of hydrogen-bond donors (Lipinski definition) is 2. The van der Waals surface area contributed by atoms with Gasteiger partial charge in [0.2, 0.25) is 0 Å². The van der Waals surface area contributed by atoms with Crippen LogP contribution in [0.15, 0.2) is 23.0 Å². The van der Waals surface area contributed by atoms with Crippen molar-refractivity contribution in [3.05, 3.63) is 39.4 Å². The summed E-state index contributed by atoms with van der Waals surface area (Å²) < 4.78 is 1.58. The number of benzene rings is 1. The molecule has 9 heteroatoms. The van der Waals surface area contributed by atoms with Crippen molar-refractivity contribution in [2.75, 3.05) is 37.7 Å². The molecule has 0 unspecified atom stereocenters. The van der Waals surface area contributed by atoms with Crippen LogP contribution in [0.4, 0.5) is 4.79 Å². The van der Waals surface area contributed by atoms with E-state index in [9.17, 15) is 9.59 Å². The molecule has 1 aliphatic rings. The van der Waals surface area contributed by atoms with E-state index in [1.165, 1.54) is 0 Å². The average molecular weight is 394 g/mol. The molecule has 0 radical (unpaired) electrons. The second-order valence-corrected chi connectivity index (χ2v) is 7.25. The van der Waals surface area contributed by atoms with Crippen molar-refractivity contribution in [3.8, 4) is 0 Å². The van der Waals surface area contributed by atoms with Gasteiger partial charge in [0.15, 0.2) is 0 Å². The second kappa shape index (κ2) is 8.14. The predicted molar refractivity (Wildman–Crippen MR) is 105 cm³/mol.